The van der Waals surface area contributed by atoms with Crippen LogP contribution in [-0.4, -0.2) is 4.57 Å². The minimum Gasteiger partial charge on any atom is -0.305 e. The second-order valence-corrected chi connectivity index (χ2v) is 5.17. The van der Waals surface area contributed by atoms with Gasteiger partial charge in [-0.1, -0.05) is 31.1 Å². The molecular formula is C10H15NOS. The van der Waals surface area contributed by atoms with Gasteiger partial charge in [0.15, 0.2) is 0 Å². The van der Waals surface area contributed by atoms with E-state index in [1.807, 2.05) is 16.1 Å². The largest absolute Gasteiger partial charge is 0.307 e. The number of aromatic nitrogens is 1. The third-order valence-corrected chi connectivity index (χ3v) is 3.70. The molecular weight excluding hydrogens is 182 g/mol. The quantitative estimate of drug-likeness (QED) is 0.714. The van der Waals surface area contributed by atoms with Gasteiger partial charge in [-0.15, -0.1) is 0 Å². The highest BCUT2D eigenvalue weighted by Crippen LogP contribution is 2.38. The molecule has 0 bridgehead atoms. The molecule has 0 amide bonds. The van der Waals surface area contributed by atoms with Crippen LogP contribution in [0.1, 0.15) is 32.6 Å². The molecule has 1 fully saturated rings. The minimum absolute atomic E-state index is 0.188. The SMILES string of the molecule is CC1(Cn2ccsc2=O)CCCC1. The lowest BCUT2D eigenvalue weighted by atomic mass is 9.89. The van der Waals surface area contributed by atoms with Crippen molar-refractivity contribution in [3.05, 3.63) is 21.2 Å². The molecule has 1 aliphatic carbocycles. The lowest BCUT2D eigenvalue weighted by Crippen LogP contribution is -2.24. The van der Waals surface area contributed by atoms with Gasteiger partial charge in [0.05, 0.1) is 0 Å². The van der Waals surface area contributed by atoms with Crippen molar-refractivity contribution in [3.8, 4) is 0 Å². The van der Waals surface area contributed by atoms with Crippen molar-refractivity contribution in [3.63, 3.8) is 0 Å². The van der Waals surface area contributed by atoms with Crippen LogP contribution in [0.25, 0.3) is 0 Å². The Kier molecular flexibility index (Phi) is 2.28. The molecule has 0 spiro atoms. The summed E-state index contributed by atoms with van der Waals surface area (Å²) < 4.78 is 1.86. The van der Waals surface area contributed by atoms with Crippen LogP contribution in [0.4, 0.5) is 0 Å². The van der Waals surface area contributed by atoms with Crippen LogP contribution in [0, 0.1) is 5.41 Å². The van der Waals surface area contributed by atoms with E-state index in [2.05, 4.69) is 6.92 Å². The lowest BCUT2D eigenvalue weighted by molar-refractivity contribution is 0.280. The van der Waals surface area contributed by atoms with Gasteiger partial charge in [0.1, 0.15) is 0 Å². The third kappa shape index (κ3) is 1.85. The van der Waals surface area contributed by atoms with Gasteiger partial charge < -0.3 is 4.57 Å². The van der Waals surface area contributed by atoms with Gasteiger partial charge in [-0.3, -0.25) is 4.79 Å². The Morgan fingerprint density at radius 2 is 2.23 bits per heavy atom. The number of thiazole rings is 1. The summed E-state index contributed by atoms with van der Waals surface area (Å²) in [5.41, 5.74) is 0.380. The van der Waals surface area contributed by atoms with Crippen LogP contribution in [0.2, 0.25) is 0 Å². The standard InChI is InChI=1S/C10H15NOS/c1-10(4-2-3-5-10)8-11-6-7-13-9(11)12/h6-7H,2-5,8H2,1H3. The van der Waals surface area contributed by atoms with Crippen LogP contribution in [0.5, 0.6) is 0 Å². The van der Waals surface area contributed by atoms with Crippen molar-refractivity contribution in [2.45, 2.75) is 39.2 Å². The fourth-order valence-electron chi connectivity index (χ4n) is 2.21. The molecule has 0 radical (unpaired) electrons. The first-order chi connectivity index (χ1) is 6.20. The summed E-state index contributed by atoms with van der Waals surface area (Å²) in [7, 11) is 0. The fourth-order valence-corrected chi connectivity index (χ4v) is 2.79. The predicted molar refractivity (Wildman–Crippen MR) is 55.2 cm³/mol. The maximum atomic E-state index is 11.3. The highest BCUT2D eigenvalue weighted by atomic mass is 32.1. The van der Waals surface area contributed by atoms with Crippen LogP contribution < -0.4 is 4.87 Å². The average molecular weight is 197 g/mol. The van der Waals surface area contributed by atoms with Gasteiger partial charge in [-0.05, 0) is 18.3 Å². The van der Waals surface area contributed by atoms with E-state index in [0.29, 0.717) is 5.41 Å². The van der Waals surface area contributed by atoms with Crippen molar-refractivity contribution < 1.29 is 0 Å². The van der Waals surface area contributed by atoms with Crippen molar-refractivity contribution >= 4 is 11.3 Å². The maximum Gasteiger partial charge on any atom is 0.307 e. The first kappa shape index (κ1) is 9.00. The summed E-state index contributed by atoms with van der Waals surface area (Å²) >= 11 is 1.29. The molecule has 2 nitrogen and oxygen atoms in total. The molecule has 3 heteroatoms. The molecule has 72 valence electrons. The summed E-state index contributed by atoms with van der Waals surface area (Å²) in [6.45, 7) is 3.21. The van der Waals surface area contributed by atoms with Gasteiger partial charge in [0, 0.05) is 18.1 Å². The van der Waals surface area contributed by atoms with Crippen LogP contribution in [-0.2, 0) is 6.54 Å². The van der Waals surface area contributed by atoms with Crippen molar-refractivity contribution in [1.29, 1.82) is 0 Å². The van der Waals surface area contributed by atoms with Crippen molar-refractivity contribution in [2.24, 2.45) is 5.41 Å². The predicted octanol–water partition coefficient (Wildman–Crippen LogP) is 2.49. The zero-order valence-corrected chi connectivity index (χ0v) is 8.77. The Morgan fingerprint density at radius 3 is 2.77 bits per heavy atom. The molecule has 0 atom stereocenters. The van der Waals surface area contributed by atoms with E-state index in [-0.39, 0.29) is 4.87 Å². The second kappa shape index (κ2) is 3.29. The lowest BCUT2D eigenvalue weighted by Gasteiger charge is -2.23. The van der Waals surface area contributed by atoms with E-state index in [1.165, 1.54) is 37.0 Å². The number of hydrogen-bond donors (Lipinski definition) is 0. The second-order valence-electron chi connectivity index (χ2n) is 4.31. The molecule has 0 aliphatic heterocycles. The topological polar surface area (TPSA) is 22.0 Å². The monoisotopic (exact) mass is 197 g/mol. The molecule has 1 aromatic heterocycles. The molecule has 1 aromatic rings. The first-order valence-electron chi connectivity index (χ1n) is 4.84. The van der Waals surface area contributed by atoms with Crippen LogP contribution in [0.15, 0.2) is 16.4 Å². The van der Waals surface area contributed by atoms with E-state index in [1.54, 1.807) is 0 Å². The summed E-state index contributed by atoms with van der Waals surface area (Å²) in [5.74, 6) is 0. The summed E-state index contributed by atoms with van der Waals surface area (Å²) in [4.78, 5) is 11.5. The number of nitrogens with zero attached hydrogens (tertiary/aromatic N) is 1. The van der Waals surface area contributed by atoms with Crippen molar-refractivity contribution in [1.82, 2.24) is 4.57 Å². The Balaban J connectivity index is 2.13. The van der Waals surface area contributed by atoms with Gasteiger partial charge in [-0.25, -0.2) is 0 Å². The van der Waals surface area contributed by atoms with Crippen molar-refractivity contribution in [2.75, 3.05) is 0 Å². The Hall–Kier alpha value is -0.570. The normalized spacial score (nSPS) is 20.7. The maximum absolute atomic E-state index is 11.3. The summed E-state index contributed by atoms with van der Waals surface area (Å²) in [6, 6.07) is 0. The number of hydrogen-bond acceptors (Lipinski definition) is 2. The highest BCUT2D eigenvalue weighted by molar-refractivity contribution is 7.07. The molecule has 2 rings (SSSR count). The number of rotatable bonds is 2. The first-order valence-corrected chi connectivity index (χ1v) is 5.72. The van der Waals surface area contributed by atoms with Crippen LogP contribution in [0.3, 0.4) is 0 Å². The summed E-state index contributed by atoms with van der Waals surface area (Å²) in [5, 5.41) is 1.88. The fraction of sp³-hybridized carbons (Fsp3) is 0.700. The molecule has 0 saturated heterocycles. The molecule has 13 heavy (non-hydrogen) atoms. The van der Waals surface area contributed by atoms with Crippen LogP contribution >= 0.6 is 11.3 Å². The molecule has 1 aliphatic rings. The Bertz CT molecular complexity index is 333. The van der Waals surface area contributed by atoms with E-state index in [4.69, 9.17) is 0 Å². The van der Waals surface area contributed by atoms with E-state index in [9.17, 15) is 4.79 Å². The molecule has 0 aromatic carbocycles. The molecule has 1 heterocycles. The van der Waals surface area contributed by atoms with Gasteiger partial charge in [0.2, 0.25) is 0 Å². The van der Waals surface area contributed by atoms with Gasteiger partial charge >= 0.3 is 4.87 Å². The summed E-state index contributed by atoms with van der Waals surface area (Å²) in [6.07, 6.45) is 7.12. The molecule has 0 N–H and O–H groups in total. The van der Waals surface area contributed by atoms with Gasteiger partial charge in [-0.2, -0.15) is 0 Å². The smallest absolute Gasteiger partial charge is 0.305 e. The van der Waals surface area contributed by atoms with E-state index in [0.717, 1.165) is 6.54 Å². The van der Waals surface area contributed by atoms with Gasteiger partial charge in [0.25, 0.3) is 0 Å². The Labute approximate surface area is 82.2 Å². The molecule has 1 saturated carbocycles. The third-order valence-electron chi connectivity index (χ3n) is 3.01. The average Bonchev–Trinajstić information content (AvgIpc) is 2.64. The highest BCUT2D eigenvalue weighted by Gasteiger charge is 2.29. The zero-order chi connectivity index (χ0) is 9.31. The van der Waals surface area contributed by atoms with E-state index >= 15 is 0 Å². The minimum atomic E-state index is 0.188. The molecule has 0 unspecified atom stereocenters. The Morgan fingerprint density at radius 1 is 1.54 bits per heavy atom. The zero-order valence-electron chi connectivity index (χ0n) is 7.95. The van der Waals surface area contributed by atoms with E-state index < -0.39 is 0 Å².